The lowest BCUT2D eigenvalue weighted by molar-refractivity contribution is -0.130. The van der Waals surface area contributed by atoms with E-state index < -0.39 is 0 Å². The Hall–Kier alpha value is -0.870. The molecule has 1 aliphatic rings. The molecule has 0 spiro atoms. The van der Waals surface area contributed by atoms with Crippen molar-refractivity contribution in [3.8, 4) is 0 Å². The molecule has 0 aromatic carbocycles. The van der Waals surface area contributed by atoms with Crippen molar-refractivity contribution in [3.63, 3.8) is 0 Å². The number of halogens is 1. The van der Waals surface area contributed by atoms with Crippen molar-refractivity contribution in [2.24, 2.45) is 12.5 Å². The van der Waals surface area contributed by atoms with Crippen LogP contribution in [0.4, 0.5) is 0 Å². The highest BCUT2D eigenvalue weighted by molar-refractivity contribution is 6.32. The zero-order valence-corrected chi connectivity index (χ0v) is 12.7. The quantitative estimate of drug-likeness (QED) is 0.922. The summed E-state index contributed by atoms with van der Waals surface area (Å²) in [6.07, 6.45) is 3.15. The minimum absolute atomic E-state index is 0.174. The minimum atomic E-state index is -0.174. The van der Waals surface area contributed by atoms with E-state index in [1.165, 1.54) is 0 Å². The van der Waals surface area contributed by atoms with Gasteiger partial charge in [-0.25, -0.2) is 0 Å². The Morgan fingerprint density at radius 3 is 2.58 bits per heavy atom. The van der Waals surface area contributed by atoms with Crippen molar-refractivity contribution < 1.29 is 4.79 Å². The predicted molar refractivity (Wildman–Crippen MR) is 76.5 cm³/mol. The summed E-state index contributed by atoms with van der Waals surface area (Å²) in [5, 5.41) is 8.24. The van der Waals surface area contributed by atoms with Crippen LogP contribution in [0, 0.1) is 12.3 Å². The molecule has 1 fully saturated rings. The molecule has 106 valence electrons. The van der Waals surface area contributed by atoms with Crippen LogP contribution in [0.2, 0.25) is 5.02 Å². The topological polar surface area (TPSA) is 46.9 Å². The van der Waals surface area contributed by atoms with Crippen molar-refractivity contribution in [1.29, 1.82) is 0 Å². The number of rotatable bonds is 4. The number of nitrogens with one attached hydrogen (secondary N) is 1. The van der Waals surface area contributed by atoms with Gasteiger partial charge >= 0.3 is 0 Å². The first-order valence-electron chi connectivity index (χ1n) is 6.92. The Kier molecular flexibility index (Phi) is 4.31. The van der Waals surface area contributed by atoms with Crippen LogP contribution in [0.15, 0.2) is 0 Å². The van der Waals surface area contributed by atoms with E-state index in [4.69, 9.17) is 11.6 Å². The van der Waals surface area contributed by atoms with Crippen molar-refractivity contribution in [3.05, 3.63) is 16.4 Å². The molecule has 0 unspecified atom stereocenters. The van der Waals surface area contributed by atoms with Gasteiger partial charge in [-0.3, -0.25) is 9.48 Å². The summed E-state index contributed by atoms with van der Waals surface area (Å²) < 4.78 is 1.74. The second kappa shape index (κ2) is 5.63. The highest BCUT2D eigenvalue weighted by Gasteiger charge is 2.37. The molecule has 5 heteroatoms. The Morgan fingerprint density at radius 2 is 2.11 bits per heavy atom. The number of carbonyl (C=O) groups is 1. The minimum Gasteiger partial charge on any atom is -0.317 e. The van der Waals surface area contributed by atoms with E-state index in [0.29, 0.717) is 17.2 Å². The van der Waals surface area contributed by atoms with E-state index in [0.717, 1.165) is 43.7 Å². The highest BCUT2D eigenvalue weighted by atomic mass is 35.5. The van der Waals surface area contributed by atoms with Gasteiger partial charge in [-0.05, 0) is 39.3 Å². The van der Waals surface area contributed by atoms with E-state index in [2.05, 4.69) is 17.3 Å². The molecule has 19 heavy (non-hydrogen) atoms. The maximum Gasteiger partial charge on any atom is 0.145 e. The number of aryl methyl sites for hydroxylation is 2. The summed E-state index contributed by atoms with van der Waals surface area (Å²) in [5.74, 6) is 0.307. The van der Waals surface area contributed by atoms with Crippen LogP contribution in [0.3, 0.4) is 0 Å². The van der Waals surface area contributed by atoms with E-state index in [-0.39, 0.29) is 5.41 Å². The fraction of sp³-hybridized carbons (Fsp3) is 0.714. The molecule has 1 aromatic heterocycles. The van der Waals surface area contributed by atoms with Crippen LogP contribution in [0.1, 0.15) is 37.6 Å². The smallest absolute Gasteiger partial charge is 0.145 e. The summed E-state index contributed by atoms with van der Waals surface area (Å²) in [4.78, 5) is 12.7. The van der Waals surface area contributed by atoms with Gasteiger partial charge in [0.2, 0.25) is 0 Å². The number of Topliss-reactive ketones (excluding diaryl/α,β-unsaturated/α-hetero) is 1. The molecule has 2 heterocycles. The van der Waals surface area contributed by atoms with Gasteiger partial charge in [0.15, 0.2) is 0 Å². The SMILES string of the molecule is CCC1(C(=O)Cc2c(Cl)c(C)nn2C)CCNCC1. The number of piperidine rings is 1. The van der Waals surface area contributed by atoms with Gasteiger partial charge in [0.05, 0.1) is 22.8 Å². The van der Waals surface area contributed by atoms with E-state index in [1.807, 2.05) is 14.0 Å². The number of ketones is 1. The summed E-state index contributed by atoms with van der Waals surface area (Å²) in [6.45, 7) is 5.84. The molecule has 2 rings (SSSR count). The van der Waals surface area contributed by atoms with Gasteiger partial charge in [0, 0.05) is 12.5 Å². The van der Waals surface area contributed by atoms with Crippen molar-refractivity contribution in [2.75, 3.05) is 13.1 Å². The Bertz CT molecular complexity index is 475. The number of carbonyl (C=O) groups excluding carboxylic acids is 1. The molecule has 0 radical (unpaired) electrons. The van der Waals surface area contributed by atoms with Gasteiger partial charge in [-0.1, -0.05) is 18.5 Å². The average Bonchev–Trinajstić information content (AvgIpc) is 2.66. The molecule has 4 nitrogen and oxygen atoms in total. The molecule has 0 aliphatic carbocycles. The fourth-order valence-electron chi connectivity index (χ4n) is 2.95. The third-order valence-corrected chi connectivity index (χ3v) is 4.91. The maximum atomic E-state index is 12.7. The van der Waals surface area contributed by atoms with Crippen molar-refractivity contribution in [1.82, 2.24) is 15.1 Å². The molecule has 1 saturated heterocycles. The van der Waals surface area contributed by atoms with Crippen molar-refractivity contribution >= 4 is 17.4 Å². The molecule has 0 atom stereocenters. The molecule has 1 N–H and O–H groups in total. The normalized spacial score (nSPS) is 18.5. The molecule has 1 aliphatic heterocycles. The monoisotopic (exact) mass is 283 g/mol. The zero-order chi connectivity index (χ0) is 14.0. The third kappa shape index (κ3) is 2.70. The zero-order valence-electron chi connectivity index (χ0n) is 11.9. The van der Waals surface area contributed by atoms with Gasteiger partial charge < -0.3 is 5.32 Å². The van der Waals surface area contributed by atoms with Gasteiger partial charge in [-0.15, -0.1) is 0 Å². The largest absolute Gasteiger partial charge is 0.317 e. The third-order valence-electron chi connectivity index (χ3n) is 4.42. The number of nitrogens with zero attached hydrogens (tertiary/aromatic N) is 2. The lowest BCUT2D eigenvalue weighted by atomic mass is 9.72. The molecule has 0 bridgehead atoms. The lowest BCUT2D eigenvalue weighted by Crippen LogP contribution is -2.42. The van der Waals surface area contributed by atoms with Crippen LogP contribution in [0.25, 0.3) is 0 Å². The summed E-state index contributed by atoms with van der Waals surface area (Å²) in [6, 6.07) is 0. The van der Waals surface area contributed by atoms with Gasteiger partial charge in [-0.2, -0.15) is 5.10 Å². The van der Waals surface area contributed by atoms with Crippen LogP contribution in [-0.2, 0) is 18.3 Å². The molecule has 0 amide bonds. The average molecular weight is 284 g/mol. The Balaban J connectivity index is 2.19. The summed E-state index contributed by atoms with van der Waals surface area (Å²) in [5.41, 5.74) is 1.46. The second-order valence-electron chi connectivity index (χ2n) is 5.45. The predicted octanol–water partition coefficient (Wildman–Crippen LogP) is 2.27. The van der Waals surface area contributed by atoms with E-state index in [1.54, 1.807) is 4.68 Å². The van der Waals surface area contributed by atoms with Crippen LogP contribution in [0.5, 0.6) is 0 Å². The van der Waals surface area contributed by atoms with Crippen LogP contribution >= 0.6 is 11.6 Å². The summed E-state index contributed by atoms with van der Waals surface area (Å²) in [7, 11) is 1.85. The first-order valence-corrected chi connectivity index (χ1v) is 7.30. The van der Waals surface area contributed by atoms with Gasteiger partial charge in [0.1, 0.15) is 5.78 Å². The van der Waals surface area contributed by atoms with E-state index in [9.17, 15) is 4.79 Å². The van der Waals surface area contributed by atoms with Crippen LogP contribution < -0.4 is 5.32 Å². The molecule has 1 aromatic rings. The fourth-order valence-corrected chi connectivity index (χ4v) is 3.17. The Labute approximate surface area is 119 Å². The molecule has 0 saturated carbocycles. The van der Waals surface area contributed by atoms with Gasteiger partial charge in [0.25, 0.3) is 0 Å². The van der Waals surface area contributed by atoms with E-state index >= 15 is 0 Å². The number of hydrogen-bond acceptors (Lipinski definition) is 3. The lowest BCUT2D eigenvalue weighted by Gasteiger charge is -2.35. The first kappa shape index (κ1) is 14.5. The summed E-state index contributed by atoms with van der Waals surface area (Å²) >= 11 is 6.24. The van der Waals surface area contributed by atoms with Crippen LogP contribution in [-0.4, -0.2) is 28.7 Å². The number of aromatic nitrogens is 2. The second-order valence-corrected chi connectivity index (χ2v) is 5.83. The van der Waals surface area contributed by atoms with Crippen molar-refractivity contribution in [2.45, 2.75) is 39.5 Å². The maximum absolute atomic E-state index is 12.7. The highest BCUT2D eigenvalue weighted by Crippen LogP contribution is 2.35. The molecular formula is C14H22ClN3O. The number of hydrogen-bond donors (Lipinski definition) is 1. The first-order chi connectivity index (χ1) is 9.00. The Morgan fingerprint density at radius 1 is 1.47 bits per heavy atom. The standard InChI is InChI=1S/C14H22ClN3O/c1-4-14(5-7-16-8-6-14)12(19)9-11-13(15)10(2)17-18(11)3/h16H,4-9H2,1-3H3. The molecular weight excluding hydrogens is 262 g/mol.